The van der Waals surface area contributed by atoms with E-state index in [-0.39, 0.29) is 24.1 Å². The molecule has 2 aliphatic rings. The molecule has 1 N–H and O–H groups in total. The number of hydrogen-bond acceptors (Lipinski definition) is 4. The first-order valence-corrected chi connectivity index (χ1v) is 11.0. The van der Waals surface area contributed by atoms with Gasteiger partial charge in [-0.05, 0) is 24.8 Å². The van der Waals surface area contributed by atoms with Crippen LogP contribution in [0.15, 0.2) is 30.3 Å². The van der Waals surface area contributed by atoms with Crippen molar-refractivity contribution in [2.24, 2.45) is 5.92 Å². The lowest BCUT2D eigenvalue weighted by molar-refractivity contribution is -0.142. The lowest BCUT2D eigenvalue weighted by atomic mass is 9.89. The van der Waals surface area contributed by atoms with Crippen LogP contribution in [0.3, 0.4) is 0 Å². The van der Waals surface area contributed by atoms with Crippen LogP contribution in [0.4, 0.5) is 0 Å². The summed E-state index contributed by atoms with van der Waals surface area (Å²) in [6, 6.07) is 8.63. The number of carboxylic acid groups (broad SMARTS) is 1. The Labute approximate surface area is 160 Å². The van der Waals surface area contributed by atoms with Gasteiger partial charge in [0.15, 0.2) is 0 Å². The van der Waals surface area contributed by atoms with Gasteiger partial charge in [-0.25, -0.2) is 8.42 Å². The number of carboxylic acids is 1. The van der Waals surface area contributed by atoms with Gasteiger partial charge in [0.05, 0.1) is 11.7 Å². The summed E-state index contributed by atoms with van der Waals surface area (Å²) in [6.45, 7) is 2.58. The van der Waals surface area contributed by atoms with Gasteiger partial charge in [-0.15, -0.1) is 0 Å². The molecule has 2 fully saturated rings. The van der Waals surface area contributed by atoms with Crippen LogP contribution in [-0.4, -0.2) is 66.0 Å². The average molecular weight is 394 g/mol. The van der Waals surface area contributed by atoms with Crippen LogP contribution in [0.5, 0.6) is 0 Å². The van der Waals surface area contributed by atoms with Gasteiger partial charge in [0.1, 0.15) is 6.04 Å². The summed E-state index contributed by atoms with van der Waals surface area (Å²) >= 11 is 0. The first kappa shape index (κ1) is 19.8. The van der Waals surface area contributed by atoms with E-state index < -0.39 is 28.0 Å². The minimum atomic E-state index is -3.46. The van der Waals surface area contributed by atoms with Crippen LogP contribution < -0.4 is 0 Å². The van der Waals surface area contributed by atoms with Crippen LogP contribution in [0, 0.1) is 5.92 Å². The Morgan fingerprint density at radius 1 is 1.19 bits per heavy atom. The number of sulfonamides is 1. The van der Waals surface area contributed by atoms with Gasteiger partial charge in [-0.1, -0.05) is 37.3 Å². The molecule has 27 heavy (non-hydrogen) atoms. The average Bonchev–Trinajstić information content (AvgIpc) is 3.30. The molecule has 2 heterocycles. The molecule has 0 saturated carbocycles. The van der Waals surface area contributed by atoms with Crippen molar-refractivity contribution < 1.29 is 23.1 Å². The van der Waals surface area contributed by atoms with Crippen LogP contribution in [0.1, 0.15) is 37.7 Å². The highest BCUT2D eigenvalue weighted by Crippen LogP contribution is 2.34. The van der Waals surface area contributed by atoms with Gasteiger partial charge in [-0.3, -0.25) is 9.59 Å². The number of carbonyl (C=O) groups excluding carboxylic acids is 1. The highest BCUT2D eigenvalue weighted by molar-refractivity contribution is 7.89. The fraction of sp³-hybridized carbons (Fsp3) is 0.579. The summed E-state index contributed by atoms with van der Waals surface area (Å²) < 4.78 is 26.3. The predicted octanol–water partition coefficient (Wildman–Crippen LogP) is 1.52. The van der Waals surface area contributed by atoms with Gasteiger partial charge in [0.2, 0.25) is 15.9 Å². The van der Waals surface area contributed by atoms with Crippen molar-refractivity contribution >= 4 is 21.9 Å². The van der Waals surface area contributed by atoms with E-state index in [4.69, 9.17) is 0 Å². The molecule has 0 aromatic heterocycles. The largest absolute Gasteiger partial charge is 0.481 e. The number of carbonyl (C=O) groups is 2. The zero-order chi connectivity index (χ0) is 19.6. The molecule has 3 unspecified atom stereocenters. The molecule has 8 heteroatoms. The van der Waals surface area contributed by atoms with Crippen LogP contribution in [0.25, 0.3) is 0 Å². The molecular formula is C19H26N2O5S. The predicted molar refractivity (Wildman–Crippen MR) is 101 cm³/mol. The van der Waals surface area contributed by atoms with Gasteiger partial charge in [0, 0.05) is 25.6 Å². The molecule has 0 bridgehead atoms. The van der Waals surface area contributed by atoms with Gasteiger partial charge >= 0.3 is 5.97 Å². The Morgan fingerprint density at radius 3 is 2.52 bits per heavy atom. The number of amides is 1. The molecule has 0 radical (unpaired) electrons. The lowest BCUT2D eigenvalue weighted by Gasteiger charge is -2.27. The summed E-state index contributed by atoms with van der Waals surface area (Å²) in [5, 5.41) is 9.62. The standard InChI is InChI=1S/C19H26N2O5S/c1-2-11-27(25,26)21-10-6-9-17(21)18(22)20-12-15(16(13-20)19(23)24)14-7-4-3-5-8-14/h3-5,7-8,15-17H,2,6,9-13H2,1H3,(H,23,24). The maximum absolute atomic E-state index is 13.1. The fourth-order valence-electron chi connectivity index (χ4n) is 4.18. The normalized spacial score (nSPS) is 26.4. The minimum absolute atomic E-state index is 0.0289. The van der Waals surface area contributed by atoms with E-state index >= 15 is 0 Å². The van der Waals surface area contributed by atoms with E-state index in [1.165, 1.54) is 4.31 Å². The maximum atomic E-state index is 13.1. The molecular weight excluding hydrogens is 368 g/mol. The minimum Gasteiger partial charge on any atom is -0.481 e. The third-order valence-electron chi connectivity index (χ3n) is 5.48. The molecule has 1 amide bonds. The van der Waals surface area contributed by atoms with Crippen LogP contribution in [0.2, 0.25) is 0 Å². The topological polar surface area (TPSA) is 95.0 Å². The zero-order valence-electron chi connectivity index (χ0n) is 15.5. The molecule has 3 rings (SSSR count). The summed E-state index contributed by atoms with van der Waals surface area (Å²) in [7, 11) is -3.46. The van der Waals surface area contributed by atoms with E-state index in [9.17, 15) is 23.1 Å². The molecule has 0 spiro atoms. The van der Waals surface area contributed by atoms with E-state index in [0.717, 1.165) is 5.56 Å². The van der Waals surface area contributed by atoms with Crippen molar-refractivity contribution in [1.82, 2.24) is 9.21 Å². The Balaban J connectivity index is 1.80. The van der Waals surface area contributed by atoms with Crippen molar-refractivity contribution in [2.75, 3.05) is 25.4 Å². The summed E-state index contributed by atoms with van der Waals surface area (Å²) in [4.78, 5) is 26.4. The lowest BCUT2D eigenvalue weighted by Crippen LogP contribution is -2.47. The van der Waals surface area contributed by atoms with Gasteiger partial charge in [0.25, 0.3) is 0 Å². The second-order valence-electron chi connectivity index (χ2n) is 7.29. The van der Waals surface area contributed by atoms with E-state index in [1.54, 1.807) is 11.8 Å². The third-order valence-corrected chi connectivity index (χ3v) is 7.56. The Hall–Kier alpha value is -1.93. The maximum Gasteiger partial charge on any atom is 0.308 e. The number of hydrogen-bond donors (Lipinski definition) is 1. The van der Waals surface area contributed by atoms with Crippen LogP contribution >= 0.6 is 0 Å². The molecule has 0 aliphatic carbocycles. The highest BCUT2D eigenvalue weighted by atomic mass is 32.2. The SMILES string of the molecule is CCCS(=O)(=O)N1CCCC1C(=O)N1CC(C(=O)O)C(c2ccccc2)C1. The van der Waals surface area contributed by atoms with E-state index in [0.29, 0.717) is 32.4 Å². The second kappa shape index (κ2) is 7.98. The van der Waals surface area contributed by atoms with E-state index in [2.05, 4.69) is 0 Å². The van der Waals surface area contributed by atoms with Crippen molar-refractivity contribution in [3.8, 4) is 0 Å². The Kier molecular flexibility index (Phi) is 5.86. The fourth-order valence-corrected chi connectivity index (χ4v) is 5.92. The molecule has 3 atom stereocenters. The monoisotopic (exact) mass is 394 g/mol. The van der Waals surface area contributed by atoms with Crippen LogP contribution in [-0.2, 0) is 19.6 Å². The Morgan fingerprint density at radius 2 is 1.89 bits per heavy atom. The second-order valence-corrected chi connectivity index (χ2v) is 9.33. The number of nitrogens with zero attached hydrogens (tertiary/aromatic N) is 2. The molecule has 148 valence electrons. The summed E-state index contributed by atoms with van der Waals surface area (Å²) in [6.07, 6.45) is 1.64. The summed E-state index contributed by atoms with van der Waals surface area (Å²) in [5.74, 6) is -2.13. The number of aliphatic carboxylic acids is 1. The first-order chi connectivity index (χ1) is 12.8. The highest BCUT2D eigenvalue weighted by Gasteiger charge is 2.45. The number of likely N-dealkylation sites (tertiary alicyclic amines) is 1. The van der Waals surface area contributed by atoms with Gasteiger partial charge in [-0.2, -0.15) is 4.31 Å². The third kappa shape index (κ3) is 4.01. The molecule has 7 nitrogen and oxygen atoms in total. The number of rotatable bonds is 6. The van der Waals surface area contributed by atoms with E-state index in [1.807, 2.05) is 30.3 Å². The van der Waals surface area contributed by atoms with Crippen molar-refractivity contribution in [1.29, 1.82) is 0 Å². The van der Waals surface area contributed by atoms with Gasteiger partial charge < -0.3 is 10.0 Å². The summed E-state index contributed by atoms with van der Waals surface area (Å²) in [5.41, 5.74) is 0.891. The van der Waals surface area contributed by atoms with Crippen molar-refractivity contribution in [2.45, 2.75) is 38.1 Å². The Bertz CT molecular complexity index is 796. The van der Waals surface area contributed by atoms with Crippen molar-refractivity contribution in [3.63, 3.8) is 0 Å². The molecule has 1 aromatic rings. The quantitative estimate of drug-likeness (QED) is 0.789. The molecule has 1 aromatic carbocycles. The van der Waals surface area contributed by atoms with Crippen molar-refractivity contribution in [3.05, 3.63) is 35.9 Å². The zero-order valence-corrected chi connectivity index (χ0v) is 16.3. The molecule has 2 saturated heterocycles. The first-order valence-electron chi connectivity index (χ1n) is 9.41. The number of benzene rings is 1. The molecule has 2 aliphatic heterocycles. The smallest absolute Gasteiger partial charge is 0.308 e.